The average molecular weight is 749 g/mol. The van der Waals surface area contributed by atoms with Gasteiger partial charge in [-0.1, -0.05) is 12.1 Å². The van der Waals surface area contributed by atoms with Crippen LogP contribution in [0, 0.1) is 5.92 Å². The van der Waals surface area contributed by atoms with Gasteiger partial charge in [0, 0.05) is 95.2 Å². The van der Waals surface area contributed by atoms with Gasteiger partial charge < -0.3 is 39.8 Å². The van der Waals surface area contributed by atoms with Gasteiger partial charge in [-0.2, -0.15) is 0 Å². The van der Waals surface area contributed by atoms with E-state index in [1.807, 2.05) is 40.1 Å². The third-order valence-electron chi connectivity index (χ3n) is 12.4. The van der Waals surface area contributed by atoms with E-state index in [2.05, 4.69) is 41.6 Å². The van der Waals surface area contributed by atoms with Gasteiger partial charge >= 0.3 is 6.03 Å². The van der Waals surface area contributed by atoms with Crippen LogP contribution in [0.3, 0.4) is 0 Å². The number of phenols is 1. The summed E-state index contributed by atoms with van der Waals surface area (Å²) in [6.07, 6.45) is 3.74. The number of aromatic nitrogens is 2. The van der Waals surface area contributed by atoms with Crippen molar-refractivity contribution in [3.8, 4) is 17.0 Å². The van der Waals surface area contributed by atoms with Gasteiger partial charge in [0.25, 0.3) is 5.91 Å². The summed E-state index contributed by atoms with van der Waals surface area (Å²) in [6.45, 7) is 9.34. The summed E-state index contributed by atoms with van der Waals surface area (Å²) in [5.74, 6) is 0.684. The molecule has 4 saturated heterocycles. The van der Waals surface area contributed by atoms with Gasteiger partial charge in [-0.05, 0) is 80.1 Å². The molecule has 2 atom stereocenters. The first-order valence-corrected chi connectivity index (χ1v) is 19.7. The van der Waals surface area contributed by atoms with Crippen LogP contribution in [0.1, 0.15) is 48.0 Å². The van der Waals surface area contributed by atoms with Crippen molar-refractivity contribution < 1.29 is 24.3 Å². The molecule has 2 aromatic carbocycles. The number of carbonyl (C=O) groups is 4. The first-order valence-electron chi connectivity index (χ1n) is 19.7. The molecule has 1 unspecified atom stereocenters. The Kier molecular flexibility index (Phi) is 9.40. The molecule has 55 heavy (non-hydrogen) atoms. The van der Waals surface area contributed by atoms with Crippen LogP contribution >= 0.6 is 0 Å². The van der Waals surface area contributed by atoms with Crippen molar-refractivity contribution in [2.45, 2.75) is 50.7 Å². The second-order valence-corrected chi connectivity index (χ2v) is 15.8. The molecule has 9 rings (SSSR count). The second-order valence-electron chi connectivity index (χ2n) is 15.8. The number of urea groups is 1. The lowest BCUT2D eigenvalue weighted by Crippen LogP contribution is -2.61. The van der Waals surface area contributed by atoms with Crippen LogP contribution in [-0.4, -0.2) is 143 Å². The molecule has 7 heterocycles. The Morgan fingerprint density at radius 1 is 0.836 bits per heavy atom. The molecule has 15 heteroatoms. The summed E-state index contributed by atoms with van der Waals surface area (Å²) in [5, 5.41) is 25.0. The van der Waals surface area contributed by atoms with Crippen molar-refractivity contribution in [3.05, 3.63) is 59.7 Å². The second kappa shape index (κ2) is 14.7. The monoisotopic (exact) mass is 748 g/mol. The molecule has 3 aromatic rings. The minimum absolute atomic E-state index is 0.118. The third kappa shape index (κ3) is 6.90. The van der Waals surface area contributed by atoms with E-state index in [9.17, 15) is 24.3 Å². The van der Waals surface area contributed by atoms with Crippen molar-refractivity contribution in [1.29, 1.82) is 0 Å². The number of carbonyl (C=O) groups excluding carboxylic acids is 4. The molecule has 6 aliphatic heterocycles. The molecule has 288 valence electrons. The number of piperidine rings is 2. The molecule has 6 aliphatic rings. The summed E-state index contributed by atoms with van der Waals surface area (Å²) < 4.78 is 0. The number of fused-ring (bicyclic) bond motifs is 4. The predicted molar refractivity (Wildman–Crippen MR) is 206 cm³/mol. The fourth-order valence-electron chi connectivity index (χ4n) is 9.33. The van der Waals surface area contributed by atoms with E-state index in [0.717, 1.165) is 87.8 Å². The van der Waals surface area contributed by atoms with Crippen LogP contribution in [0.25, 0.3) is 11.3 Å². The highest BCUT2D eigenvalue weighted by atomic mass is 16.3. The summed E-state index contributed by atoms with van der Waals surface area (Å²) in [6, 6.07) is 14.8. The number of piperazine rings is 1. The van der Waals surface area contributed by atoms with Crippen LogP contribution in [0.5, 0.6) is 5.75 Å². The van der Waals surface area contributed by atoms with Crippen molar-refractivity contribution >= 4 is 40.9 Å². The zero-order valence-corrected chi connectivity index (χ0v) is 31.0. The maximum atomic E-state index is 13.9. The molecule has 15 nitrogen and oxygen atoms in total. The number of nitrogens with zero attached hydrogens (tertiary/aromatic N) is 8. The lowest BCUT2D eigenvalue weighted by molar-refractivity contribution is -0.136. The van der Waals surface area contributed by atoms with Crippen molar-refractivity contribution in [3.63, 3.8) is 0 Å². The molecule has 0 radical (unpaired) electrons. The maximum absolute atomic E-state index is 13.9. The molecule has 5 amide bonds. The number of rotatable bonds is 5. The highest BCUT2D eigenvalue weighted by Crippen LogP contribution is 2.37. The molecule has 1 aromatic heterocycles. The summed E-state index contributed by atoms with van der Waals surface area (Å²) >= 11 is 0. The van der Waals surface area contributed by atoms with E-state index in [4.69, 9.17) is 0 Å². The predicted octanol–water partition coefficient (Wildman–Crippen LogP) is 2.57. The van der Waals surface area contributed by atoms with E-state index in [0.29, 0.717) is 61.9 Å². The number of hydrogen-bond donors (Lipinski definition) is 3. The molecule has 0 saturated carbocycles. The number of hydrogen-bond acceptors (Lipinski definition) is 11. The van der Waals surface area contributed by atoms with Crippen molar-refractivity contribution in [2.24, 2.45) is 5.92 Å². The van der Waals surface area contributed by atoms with Crippen LogP contribution < -0.4 is 20.4 Å². The van der Waals surface area contributed by atoms with Gasteiger partial charge in [0.1, 0.15) is 11.8 Å². The highest BCUT2D eigenvalue weighted by Gasteiger charge is 2.40. The topological polar surface area (TPSA) is 158 Å². The lowest BCUT2D eigenvalue weighted by atomic mass is 9.95. The quantitative estimate of drug-likeness (QED) is 0.330. The van der Waals surface area contributed by atoms with Gasteiger partial charge in [-0.15, -0.1) is 10.2 Å². The molecule has 4 fully saturated rings. The summed E-state index contributed by atoms with van der Waals surface area (Å²) in [7, 11) is 0. The smallest absolute Gasteiger partial charge is 0.320 e. The van der Waals surface area contributed by atoms with E-state index in [1.54, 1.807) is 17.0 Å². The Hall–Kier alpha value is -5.44. The summed E-state index contributed by atoms with van der Waals surface area (Å²) in [5.41, 5.74) is 4.92. The zero-order valence-electron chi connectivity index (χ0n) is 31.0. The first-order chi connectivity index (χ1) is 26.8. The molecule has 3 N–H and O–H groups in total. The van der Waals surface area contributed by atoms with E-state index < -0.39 is 6.04 Å². The minimum atomic E-state index is -0.603. The maximum Gasteiger partial charge on any atom is 0.320 e. The van der Waals surface area contributed by atoms with Gasteiger partial charge in [0.05, 0.1) is 17.4 Å². The zero-order chi connectivity index (χ0) is 37.6. The number of anilines is 3. The van der Waals surface area contributed by atoms with Gasteiger partial charge in [0.2, 0.25) is 11.8 Å². The Bertz CT molecular complexity index is 2000. The molecule has 0 bridgehead atoms. The van der Waals surface area contributed by atoms with E-state index >= 15 is 0 Å². The Labute approximate surface area is 320 Å². The highest BCUT2D eigenvalue weighted by molar-refractivity contribution is 6.05. The normalized spacial score (nSPS) is 23.5. The Morgan fingerprint density at radius 2 is 1.67 bits per heavy atom. The SMILES string of the molecule is O=C1CCC(N2Cc3cc(N4CCC(CN5CCCN(C(=O)N6CCN7c8cc(-c9ccccc9O)nnc8NC[C@H]7C6)CC5)CC4)ccc3C2=O)C(=O)N1. The fourth-order valence-corrected chi connectivity index (χ4v) is 9.33. The van der Waals surface area contributed by atoms with Crippen LogP contribution in [0.4, 0.5) is 22.0 Å². The number of aromatic hydroxyl groups is 1. The first kappa shape index (κ1) is 35.3. The summed E-state index contributed by atoms with van der Waals surface area (Å²) in [4.78, 5) is 64.1. The van der Waals surface area contributed by atoms with Crippen LogP contribution in [-0.2, 0) is 16.1 Å². The van der Waals surface area contributed by atoms with Crippen LogP contribution in [0.15, 0.2) is 48.5 Å². The number of nitrogens with one attached hydrogen (secondary N) is 2. The van der Waals surface area contributed by atoms with Crippen LogP contribution in [0.2, 0.25) is 0 Å². The molecular formula is C40H48N10O5. The largest absolute Gasteiger partial charge is 0.507 e. The van der Waals surface area contributed by atoms with Crippen molar-refractivity contribution in [2.75, 3.05) is 87.1 Å². The molecule has 0 aliphatic carbocycles. The third-order valence-corrected chi connectivity index (χ3v) is 12.4. The van der Waals surface area contributed by atoms with E-state index in [1.165, 1.54) is 0 Å². The fraction of sp³-hybridized carbons (Fsp3) is 0.500. The number of benzene rings is 2. The average Bonchev–Trinajstić information content (AvgIpc) is 3.35. The standard InChI is InChI=1S/C40H48N10O5/c51-35-5-2-1-4-31(35)32-21-34-37(44-43-32)41-22-29-25-48(18-19-49(29)34)40(55)47-13-3-12-45(16-17-47)23-26-10-14-46(15-11-26)28-6-7-30-27(20-28)24-50(39(30)54)33-8-9-36(52)42-38(33)53/h1-2,4-7,20-21,26,29,33,51H,3,8-19,22-25H2,(H,41,44)(H,42,52,53)/t29-,33?/m0/s1. The lowest BCUT2D eigenvalue weighted by Gasteiger charge is -2.46. The number of amides is 5. The van der Waals surface area contributed by atoms with Gasteiger partial charge in [-0.25, -0.2) is 4.79 Å². The Balaban J connectivity index is 0.750. The number of imide groups is 1. The number of phenolic OH excluding ortho intramolecular Hbond substituents is 1. The van der Waals surface area contributed by atoms with Gasteiger partial charge in [-0.3, -0.25) is 19.7 Å². The minimum Gasteiger partial charge on any atom is -0.507 e. The molecule has 0 spiro atoms. The van der Waals surface area contributed by atoms with E-state index in [-0.39, 0.29) is 42.0 Å². The van der Waals surface area contributed by atoms with Gasteiger partial charge in [0.15, 0.2) is 5.82 Å². The number of para-hydroxylation sites is 1. The Morgan fingerprint density at radius 3 is 2.51 bits per heavy atom. The molecular weight excluding hydrogens is 701 g/mol. The van der Waals surface area contributed by atoms with Crippen molar-refractivity contribution in [1.82, 2.24) is 35.1 Å².